The Morgan fingerprint density at radius 3 is 2.54 bits per heavy atom. The van der Waals surface area contributed by atoms with Gasteiger partial charge in [-0.05, 0) is 31.0 Å². The van der Waals surface area contributed by atoms with Gasteiger partial charge in [-0.25, -0.2) is 4.39 Å². The molecule has 0 atom stereocenters. The molecule has 1 aromatic heterocycles. The van der Waals surface area contributed by atoms with Gasteiger partial charge in [0.2, 0.25) is 5.76 Å². The number of halogens is 1. The van der Waals surface area contributed by atoms with E-state index in [-0.39, 0.29) is 17.5 Å². The first-order valence-corrected chi connectivity index (χ1v) is 7.68. The number of aryl methyl sites for hydroxylation is 1. The SMILES string of the molecule is Cc1ccc(-c2cc(C(=O)NCCc3ccc(F)cc3)on2)cc1. The molecule has 0 saturated heterocycles. The Morgan fingerprint density at radius 2 is 1.83 bits per heavy atom. The lowest BCUT2D eigenvalue weighted by Crippen LogP contribution is -2.25. The molecule has 0 aliphatic carbocycles. The average Bonchev–Trinajstić information content (AvgIpc) is 3.07. The lowest BCUT2D eigenvalue weighted by Gasteiger charge is -2.03. The van der Waals surface area contributed by atoms with Crippen LogP contribution in [0, 0.1) is 12.7 Å². The molecule has 0 aliphatic heterocycles. The second-order valence-electron chi connectivity index (χ2n) is 5.57. The molecule has 3 rings (SSSR count). The molecule has 3 aromatic rings. The van der Waals surface area contributed by atoms with Crippen LogP contribution >= 0.6 is 0 Å². The molecule has 0 radical (unpaired) electrons. The van der Waals surface area contributed by atoms with Gasteiger partial charge in [0.05, 0.1) is 0 Å². The molecule has 5 heteroatoms. The van der Waals surface area contributed by atoms with E-state index < -0.39 is 0 Å². The Balaban J connectivity index is 1.57. The third-order valence-electron chi connectivity index (χ3n) is 3.69. The maximum Gasteiger partial charge on any atom is 0.289 e. The fraction of sp³-hybridized carbons (Fsp3) is 0.158. The fourth-order valence-electron chi connectivity index (χ4n) is 2.30. The second kappa shape index (κ2) is 7.08. The van der Waals surface area contributed by atoms with Gasteiger partial charge in [0.1, 0.15) is 11.5 Å². The van der Waals surface area contributed by atoms with Gasteiger partial charge in [-0.2, -0.15) is 0 Å². The van der Waals surface area contributed by atoms with E-state index in [2.05, 4.69) is 10.5 Å². The Bertz CT molecular complexity index is 823. The number of carbonyl (C=O) groups excluding carboxylic acids is 1. The number of aromatic nitrogens is 1. The van der Waals surface area contributed by atoms with E-state index in [1.165, 1.54) is 12.1 Å². The minimum absolute atomic E-state index is 0.171. The van der Waals surface area contributed by atoms with Crippen LogP contribution in [-0.4, -0.2) is 17.6 Å². The molecule has 0 unspecified atom stereocenters. The summed E-state index contributed by atoms with van der Waals surface area (Å²) in [6, 6.07) is 15.7. The number of amides is 1. The standard InChI is InChI=1S/C19H17FN2O2/c1-13-2-6-15(7-3-13)17-12-18(24-22-17)19(23)21-11-10-14-4-8-16(20)9-5-14/h2-9,12H,10-11H2,1H3,(H,21,23). The van der Waals surface area contributed by atoms with Crippen molar-refractivity contribution in [2.24, 2.45) is 0 Å². The lowest BCUT2D eigenvalue weighted by molar-refractivity contribution is 0.0917. The van der Waals surface area contributed by atoms with Gasteiger partial charge in [0.25, 0.3) is 5.91 Å². The number of carbonyl (C=O) groups is 1. The van der Waals surface area contributed by atoms with E-state index in [1.807, 2.05) is 31.2 Å². The molecule has 0 fully saturated rings. The normalized spacial score (nSPS) is 10.6. The first-order valence-electron chi connectivity index (χ1n) is 7.68. The molecule has 0 spiro atoms. The van der Waals surface area contributed by atoms with Crippen molar-refractivity contribution in [1.29, 1.82) is 0 Å². The topological polar surface area (TPSA) is 55.1 Å². The smallest absolute Gasteiger partial charge is 0.289 e. The minimum atomic E-state index is -0.317. The van der Waals surface area contributed by atoms with E-state index >= 15 is 0 Å². The molecule has 122 valence electrons. The third kappa shape index (κ3) is 3.87. The summed E-state index contributed by atoms with van der Waals surface area (Å²) in [4.78, 5) is 12.1. The number of hydrogen-bond donors (Lipinski definition) is 1. The number of benzene rings is 2. The number of nitrogens with one attached hydrogen (secondary N) is 1. The first-order chi connectivity index (χ1) is 11.6. The van der Waals surface area contributed by atoms with Gasteiger partial charge in [-0.15, -0.1) is 0 Å². The highest BCUT2D eigenvalue weighted by Gasteiger charge is 2.13. The predicted octanol–water partition coefficient (Wildman–Crippen LogP) is 3.76. The van der Waals surface area contributed by atoms with Crippen LogP contribution in [0.25, 0.3) is 11.3 Å². The van der Waals surface area contributed by atoms with Gasteiger partial charge in [-0.1, -0.05) is 47.1 Å². The molecule has 0 bridgehead atoms. The summed E-state index contributed by atoms with van der Waals surface area (Å²) in [7, 11) is 0. The molecular weight excluding hydrogens is 307 g/mol. The highest BCUT2D eigenvalue weighted by molar-refractivity contribution is 5.92. The maximum atomic E-state index is 12.8. The first kappa shape index (κ1) is 15.9. The zero-order valence-electron chi connectivity index (χ0n) is 13.3. The maximum absolute atomic E-state index is 12.8. The van der Waals surface area contributed by atoms with Crippen LogP contribution in [0.15, 0.2) is 59.1 Å². The Hall–Kier alpha value is -2.95. The molecule has 1 N–H and O–H groups in total. The average molecular weight is 324 g/mol. The summed E-state index contributed by atoms with van der Waals surface area (Å²) in [5.41, 5.74) is 3.63. The molecule has 0 aliphatic rings. The van der Waals surface area contributed by atoms with Crippen molar-refractivity contribution in [3.05, 3.63) is 77.3 Å². The zero-order valence-corrected chi connectivity index (χ0v) is 13.3. The van der Waals surface area contributed by atoms with Gasteiger partial charge >= 0.3 is 0 Å². The van der Waals surface area contributed by atoms with Crippen molar-refractivity contribution in [2.75, 3.05) is 6.54 Å². The molecule has 4 nitrogen and oxygen atoms in total. The fourth-order valence-corrected chi connectivity index (χ4v) is 2.30. The zero-order chi connectivity index (χ0) is 16.9. The summed E-state index contributed by atoms with van der Waals surface area (Å²) in [6.45, 7) is 2.44. The summed E-state index contributed by atoms with van der Waals surface area (Å²) in [6.07, 6.45) is 0.616. The van der Waals surface area contributed by atoms with Crippen LogP contribution in [0.3, 0.4) is 0 Å². The van der Waals surface area contributed by atoms with Crippen molar-refractivity contribution in [2.45, 2.75) is 13.3 Å². The van der Waals surface area contributed by atoms with Crippen LogP contribution in [0.2, 0.25) is 0 Å². The van der Waals surface area contributed by atoms with E-state index in [0.29, 0.717) is 18.7 Å². The van der Waals surface area contributed by atoms with Gasteiger partial charge in [0, 0.05) is 18.2 Å². The highest BCUT2D eigenvalue weighted by Crippen LogP contribution is 2.19. The quantitative estimate of drug-likeness (QED) is 0.777. The van der Waals surface area contributed by atoms with Crippen LogP contribution in [0.4, 0.5) is 4.39 Å². The van der Waals surface area contributed by atoms with Crippen LogP contribution in [-0.2, 0) is 6.42 Å². The lowest BCUT2D eigenvalue weighted by atomic mass is 10.1. The summed E-state index contributed by atoms with van der Waals surface area (Å²) < 4.78 is 18.0. The van der Waals surface area contributed by atoms with Gasteiger partial charge in [0.15, 0.2) is 0 Å². The number of nitrogens with zero attached hydrogens (tertiary/aromatic N) is 1. The number of rotatable bonds is 5. The molecular formula is C19H17FN2O2. The predicted molar refractivity (Wildman–Crippen MR) is 89.1 cm³/mol. The largest absolute Gasteiger partial charge is 0.350 e. The van der Waals surface area contributed by atoms with Gasteiger partial charge in [-0.3, -0.25) is 4.79 Å². The van der Waals surface area contributed by atoms with Crippen molar-refractivity contribution >= 4 is 5.91 Å². The van der Waals surface area contributed by atoms with Crippen LogP contribution in [0.5, 0.6) is 0 Å². The highest BCUT2D eigenvalue weighted by atomic mass is 19.1. The molecule has 2 aromatic carbocycles. The summed E-state index contributed by atoms with van der Waals surface area (Å²) >= 11 is 0. The van der Waals surface area contributed by atoms with E-state index in [1.54, 1.807) is 18.2 Å². The Kier molecular flexibility index (Phi) is 4.70. The van der Waals surface area contributed by atoms with E-state index in [0.717, 1.165) is 16.7 Å². The summed E-state index contributed by atoms with van der Waals surface area (Å²) in [5.74, 6) is -0.416. The van der Waals surface area contributed by atoms with E-state index in [4.69, 9.17) is 4.52 Å². The van der Waals surface area contributed by atoms with Crippen molar-refractivity contribution < 1.29 is 13.7 Å². The van der Waals surface area contributed by atoms with Crippen LogP contribution < -0.4 is 5.32 Å². The van der Waals surface area contributed by atoms with Crippen molar-refractivity contribution in [3.8, 4) is 11.3 Å². The second-order valence-corrected chi connectivity index (χ2v) is 5.57. The van der Waals surface area contributed by atoms with E-state index in [9.17, 15) is 9.18 Å². The molecule has 1 amide bonds. The Morgan fingerprint density at radius 1 is 1.12 bits per heavy atom. The molecule has 24 heavy (non-hydrogen) atoms. The molecule has 1 heterocycles. The van der Waals surface area contributed by atoms with Crippen molar-refractivity contribution in [1.82, 2.24) is 10.5 Å². The van der Waals surface area contributed by atoms with Crippen LogP contribution in [0.1, 0.15) is 21.7 Å². The number of hydrogen-bond acceptors (Lipinski definition) is 3. The van der Waals surface area contributed by atoms with Gasteiger partial charge < -0.3 is 9.84 Å². The minimum Gasteiger partial charge on any atom is -0.350 e. The monoisotopic (exact) mass is 324 g/mol. The Labute approximate surface area is 139 Å². The summed E-state index contributed by atoms with van der Waals surface area (Å²) in [5, 5.41) is 6.71. The van der Waals surface area contributed by atoms with Crippen molar-refractivity contribution in [3.63, 3.8) is 0 Å². The molecule has 0 saturated carbocycles. The third-order valence-corrected chi connectivity index (χ3v) is 3.69.